The third kappa shape index (κ3) is 6.43. The SMILES string of the molecule is C[C@](O)(CS(N)(=O)=O)c1ccc(F)c(-c2nnn(Cc3cc(OC(F)(F)F)ccc3F)n2)c1. The maximum atomic E-state index is 14.4. The van der Waals surface area contributed by atoms with E-state index in [1.165, 1.54) is 0 Å². The summed E-state index contributed by atoms with van der Waals surface area (Å²) in [5.74, 6) is -3.51. The van der Waals surface area contributed by atoms with Gasteiger partial charge in [0.25, 0.3) is 0 Å². The second-order valence-corrected chi connectivity index (χ2v) is 8.83. The molecule has 0 aliphatic rings. The van der Waals surface area contributed by atoms with Crippen LogP contribution in [0.1, 0.15) is 18.1 Å². The van der Waals surface area contributed by atoms with Crippen LogP contribution < -0.4 is 9.88 Å². The largest absolute Gasteiger partial charge is 0.573 e. The molecular weight excluding hydrogens is 477 g/mol. The van der Waals surface area contributed by atoms with E-state index in [1.807, 2.05) is 0 Å². The number of halogens is 5. The Morgan fingerprint density at radius 1 is 1.12 bits per heavy atom. The summed E-state index contributed by atoms with van der Waals surface area (Å²) >= 11 is 0. The highest BCUT2D eigenvalue weighted by Crippen LogP contribution is 2.28. The molecule has 0 bridgehead atoms. The number of aromatic nitrogens is 4. The summed E-state index contributed by atoms with van der Waals surface area (Å²) < 4.78 is 92.0. The van der Waals surface area contributed by atoms with Gasteiger partial charge in [0.05, 0.1) is 17.9 Å². The molecule has 0 unspecified atom stereocenters. The van der Waals surface area contributed by atoms with Crippen LogP contribution in [0.25, 0.3) is 11.4 Å². The van der Waals surface area contributed by atoms with Gasteiger partial charge in [0.1, 0.15) is 23.0 Å². The van der Waals surface area contributed by atoms with Crippen molar-refractivity contribution in [2.45, 2.75) is 25.4 Å². The van der Waals surface area contributed by atoms with Gasteiger partial charge in [0.2, 0.25) is 15.8 Å². The molecular formula is C18H16F5N5O4S. The van der Waals surface area contributed by atoms with E-state index in [4.69, 9.17) is 5.14 Å². The van der Waals surface area contributed by atoms with Crippen LogP contribution >= 0.6 is 0 Å². The fraction of sp³-hybridized carbons (Fsp3) is 0.278. The minimum Gasteiger partial charge on any atom is -0.406 e. The molecule has 33 heavy (non-hydrogen) atoms. The van der Waals surface area contributed by atoms with E-state index < -0.39 is 51.7 Å². The molecule has 3 N–H and O–H groups in total. The van der Waals surface area contributed by atoms with Crippen molar-refractivity contribution in [2.24, 2.45) is 5.14 Å². The minimum atomic E-state index is -4.97. The standard InChI is InChI=1S/C18H16F5N5O4S/c1-17(29,9-33(24,30)31)11-2-4-15(20)13(7-11)16-25-27-28(26-16)8-10-6-12(3-5-14(10)19)32-18(21,22)23/h2-7,29H,8-9H2,1H3,(H2,24,30,31)/t17-/m0/s1. The first-order valence-corrected chi connectivity index (χ1v) is 10.7. The zero-order valence-electron chi connectivity index (χ0n) is 16.7. The maximum absolute atomic E-state index is 14.4. The molecule has 1 heterocycles. The van der Waals surface area contributed by atoms with Crippen LogP contribution in [0, 0.1) is 11.6 Å². The first-order chi connectivity index (χ1) is 15.1. The van der Waals surface area contributed by atoms with Gasteiger partial charge in [0, 0.05) is 5.56 Å². The summed E-state index contributed by atoms with van der Waals surface area (Å²) in [6.45, 7) is 0.704. The average Bonchev–Trinajstić information content (AvgIpc) is 3.10. The van der Waals surface area contributed by atoms with Crippen molar-refractivity contribution in [3.05, 3.63) is 59.2 Å². The van der Waals surface area contributed by atoms with Gasteiger partial charge in [-0.1, -0.05) is 6.07 Å². The van der Waals surface area contributed by atoms with Gasteiger partial charge < -0.3 is 9.84 Å². The molecule has 0 saturated carbocycles. The molecule has 0 radical (unpaired) electrons. The molecule has 0 amide bonds. The first-order valence-electron chi connectivity index (χ1n) is 8.98. The van der Waals surface area contributed by atoms with Crippen LogP contribution in [0.4, 0.5) is 22.0 Å². The summed E-state index contributed by atoms with van der Waals surface area (Å²) in [5.41, 5.74) is -2.49. The van der Waals surface area contributed by atoms with E-state index in [1.54, 1.807) is 0 Å². The number of hydrogen-bond acceptors (Lipinski definition) is 7. The lowest BCUT2D eigenvalue weighted by Crippen LogP contribution is -2.34. The Morgan fingerprint density at radius 3 is 2.42 bits per heavy atom. The Labute approximate surface area is 183 Å². The van der Waals surface area contributed by atoms with E-state index in [9.17, 15) is 35.5 Å². The van der Waals surface area contributed by atoms with Gasteiger partial charge in [-0.25, -0.2) is 22.3 Å². The zero-order valence-corrected chi connectivity index (χ0v) is 17.5. The highest BCUT2D eigenvalue weighted by atomic mass is 32.2. The number of benzene rings is 2. The molecule has 3 aromatic rings. The third-order valence-corrected chi connectivity index (χ3v) is 5.29. The van der Waals surface area contributed by atoms with Crippen molar-refractivity contribution in [3.8, 4) is 17.1 Å². The second-order valence-electron chi connectivity index (χ2n) is 7.22. The normalized spacial score (nSPS) is 14.2. The molecule has 1 aromatic heterocycles. The lowest BCUT2D eigenvalue weighted by molar-refractivity contribution is -0.274. The number of sulfonamides is 1. The van der Waals surface area contributed by atoms with Crippen LogP contribution in [-0.4, -0.2) is 45.8 Å². The number of rotatable bonds is 7. The quantitative estimate of drug-likeness (QED) is 0.482. The van der Waals surface area contributed by atoms with Crippen LogP contribution in [-0.2, 0) is 22.2 Å². The predicted octanol–water partition coefficient (Wildman–Crippen LogP) is 2.06. The molecule has 2 aromatic carbocycles. The summed E-state index contributed by atoms with van der Waals surface area (Å²) in [4.78, 5) is 0.805. The van der Waals surface area contributed by atoms with E-state index in [0.717, 1.165) is 48.1 Å². The number of aliphatic hydroxyl groups is 1. The minimum absolute atomic E-state index is 0.00711. The zero-order chi connectivity index (χ0) is 24.6. The molecule has 0 fully saturated rings. The highest BCUT2D eigenvalue weighted by Gasteiger charge is 2.32. The van der Waals surface area contributed by atoms with Gasteiger partial charge in [-0.15, -0.1) is 23.4 Å². The van der Waals surface area contributed by atoms with Crippen LogP contribution in [0.3, 0.4) is 0 Å². The molecule has 0 aliphatic heterocycles. The molecule has 0 aliphatic carbocycles. The fourth-order valence-corrected chi connectivity index (χ4v) is 3.90. The number of tetrazole rings is 1. The maximum Gasteiger partial charge on any atom is 0.573 e. The van der Waals surface area contributed by atoms with E-state index >= 15 is 0 Å². The Kier molecular flexibility index (Phi) is 6.41. The summed E-state index contributed by atoms with van der Waals surface area (Å²) in [6.07, 6.45) is -4.97. The monoisotopic (exact) mass is 493 g/mol. The van der Waals surface area contributed by atoms with Gasteiger partial charge in [-0.2, -0.15) is 4.80 Å². The Morgan fingerprint density at radius 2 is 1.79 bits per heavy atom. The lowest BCUT2D eigenvalue weighted by Gasteiger charge is -2.23. The third-order valence-electron chi connectivity index (χ3n) is 4.33. The van der Waals surface area contributed by atoms with Crippen LogP contribution in [0.15, 0.2) is 36.4 Å². The molecule has 0 spiro atoms. The molecule has 3 rings (SSSR count). The number of nitrogens with zero attached hydrogens (tertiary/aromatic N) is 4. The summed E-state index contributed by atoms with van der Waals surface area (Å²) in [7, 11) is -4.07. The van der Waals surface area contributed by atoms with Crippen molar-refractivity contribution in [3.63, 3.8) is 0 Å². The summed E-state index contributed by atoms with van der Waals surface area (Å²) in [6, 6.07) is 5.56. The van der Waals surface area contributed by atoms with Gasteiger partial charge in [-0.05, 0) is 48.0 Å². The average molecular weight is 493 g/mol. The molecule has 0 saturated heterocycles. The van der Waals surface area contributed by atoms with Crippen molar-refractivity contribution in [1.82, 2.24) is 20.2 Å². The Hall–Kier alpha value is -3.17. The molecule has 178 valence electrons. The molecule has 9 nitrogen and oxygen atoms in total. The fourth-order valence-electron chi connectivity index (χ4n) is 2.95. The highest BCUT2D eigenvalue weighted by molar-refractivity contribution is 7.89. The number of hydrogen-bond donors (Lipinski definition) is 2. The number of primary sulfonamides is 1. The van der Waals surface area contributed by atoms with Crippen LogP contribution in [0.5, 0.6) is 5.75 Å². The van der Waals surface area contributed by atoms with Crippen molar-refractivity contribution < 1.29 is 40.2 Å². The van der Waals surface area contributed by atoms with E-state index in [0.29, 0.717) is 0 Å². The van der Waals surface area contributed by atoms with Crippen molar-refractivity contribution >= 4 is 10.0 Å². The van der Waals surface area contributed by atoms with Gasteiger partial charge >= 0.3 is 6.36 Å². The predicted molar refractivity (Wildman–Crippen MR) is 103 cm³/mol. The second kappa shape index (κ2) is 8.64. The van der Waals surface area contributed by atoms with E-state index in [-0.39, 0.29) is 22.5 Å². The van der Waals surface area contributed by atoms with Gasteiger partial charge in [0.15, 0.2) is 0 Å². The first kappa shape index (κ1) is 24.5. The number of nitrogens with two attached hydrogens (primary N) is 1. The number of alkyl halides is 3. The summed E-state index contributed by atoms with van der Waals surface area (Å²) in [5, 5.41) is 26.6. The number of ether oxygens (including phenoxy) is 1. The van der Waals surface area contributed by atoms with Crippen molar-refractivity contribution in [1.29, 1.82) is 0 Å². The Bertz CT molecular complexity index is 1280. The van der Waals surface area contributed by atoms with E-state index in [2.05, 4.69) is 20.1 Å². The van der Waals surface area contributed by atoms with Crippen LogP contribution in [0.2, 0.25) is 0 Å². The molecule has 15 heteroatoms. The lowest BCUT2D eigenvalue weighted by atomic mass is 9.96. The van der Waals surface area contributed by atoms with Gasteiger partial charge in [-0.3, -0.25) is 0 Å². The Balaban J connectivity index is 1.89. The topological polar surface area (TPSA) is 133 Å². The molecule has 1 atom stereocenters. The van der Waals surface area contributed by atoms with Crippen molar-refractivity contribution in [2.75, 3.05) is 5.75 Å². The smallest absolute Gasteiger partial charge is 0.406 e.